The summed E-state index contributed by atoms with van der Waals surface area (Å²) in [6.45, 7) is -0.00718. The number of rotatable bonds is 10. The number of hydrogen-bond acceptors (Lipinski definition) is 8. The van der Waals surface area contributed by atoms with Gasteiger partial charge in [-0.3, -0.25) is 14.7 Å². The van der Waals surface area contributed by atoms with Crippen molar-refractivity contribution in [3.8, 4) is 5.75 Å². The summed E-state index contributed by atoms with van der Waals surface area (Å²) < 4.78 is 52.8. The second-order valence-electron chi connectivity index (χ2n) is 9.37. The van der Waals surface area contributed by atoms with E-state index in [9.17, 15) is 32.3 Å². The van der Waals surface area contributed by atoms with Gasteiger partial charge in [-0.05, 0) is 41.8 Å². The number of H-pyrrole nitrogens is 1. The Balaban J connectivity index is 1.52. The molecule has 2 aromatic carbocycles. The van der Waals surface area contributed by atoms with Crippen molar-refractivity contribution in [2.24, 2.45) is 0 Å². The van der Waals surface area contributed by atoms with E-state index < -0.39 is 42.6 Å². The molecule has 0 spiro atoms. The molecule has 1 saturated heterocycles. The number of halogens is 3. The number of nitrogens with one attached hydrogen (secondary N) is 1. The number of oxazole rings is 1. The molecule has 2 heterocycles. The zero-order chi connectivity index (χ0) is 29.0. The zero-order valence-corrected chi connectivity index (χ0v) is 21.3. The van der Waals surface area contributed by atoms with E-state index in [0.717, 1.165) is 0 Å². The van der Waals surface area contributed by atoms with E-state index in [2.05, 4.69) is 9.72 Å². The van der Waals surface area contributed by atoms with Crippen molar-refractivity contribution in [1.82, 2.24) is 14.8 Å². The Bertz CT molecular complexity index is 1450. The first kappa shape index (κ1) is 28.7. The van der Waals surface area contributed by atoms with Gasteiger partial charge in [-0.25, -0.2) is 14.4 Å². The van der Waals surface area contributed by atoms with Gasteiger partial charge in [-0.1, -0.05) is 18.2 Å². The van der Waals surface area contributed by atoms with Crippen LogP contribution in [-0.4, -0.2) is 83.3 Å². The molecule has 0 saturated carbocycles. The lowest BCUT2D eigenvalue weighted by atomic mass is 10.0. The minimum absolute atomic E-state index is 0.0306. The molecular weight excluding hydrogens is 539 g/mol. The van der Waals surface area contributed by atoms with Crippen molar-refractivity contribution < 1.29 is 46.6 Å². The molecule has 1 aromatic heterocycles. The maximum absolute atomic E-state index is 13.4. The number of carbonyl (C=O) groups excluding carboxylic acids is 2. The third kappa shape index (κ3) is 7.20. The topological polar surface area (TPSA) is 142 Å². The first-order valence-corrected chi connectivity index (χ1v) is 12.2. The molecule has 4 rings (SSSR count). The van der Waals surface area contributed by atoms with Crippen LogP contribution < -0.4 is 10.5 Å². The van der Waals surface area contributed by atoms with Crippen molar-refractivity contribution in [2.75, 3.05) is 33.3 Å². The van der Waals surface area contributed by atoms with Crippen molar-refractivity contribution in [2.45, 2.75) is 31.2 Å². The second-order valence-corrected chi connectivity index (χ2v) is 9.37. The predicted octanol–water partition coefficient (Wildman–Crippen LogP) is 2.51. The van der Waals surface area contributed by atoms with Crippen molar-refractivity contribution in [3.05, 3.63) is 64.1 Å². The number of carbonyl (C=O) groups is 3. The summed E-state index contributed by atoms with van der Waals surface area (Å²) in [4.78, 5) is 52.8. The summed E-state index contributed by atoms with van der Waals surface area (Å²) >= 11 is 0. The first-order valence-electron chi connectivity index (χ1n) is 12.2. The maximum atomic E-state index is 13.4. The summed E-state index contributed by atoms with van der Waals surface area (Å²) in [6.07, 6.45) is -5.88. The molecule has 1 amide bonds. The lowest BCUT2D eigenvalue weighted by Gasteiger charge is -2.32. The molecule has 40 heavy (non-hydrogen) atoms. The molecule has 214 valence electrons. The molecule has 0 bridgehead atoms. The fraction of sp³-hybridized carbons (Fsp3) is 0.385. The average molecular weight is 566 g/mol. The number of likely N-dealkylation sites (tertiary alicyclic amines) is 1. The van der Waals surface area contributed by atoms with Gasteiger partial charge >= 0.3 is 23.9 Å². The van der Waals surface area contributed by atoms with E-state index >= 15 is 0 Å². The molecule has 3 aromatic rings. The Morgan fingerprint density at radius 3 is 2.73 bits per heavy atom. The average Bonchev–Trinajstić information content (AvgIpc) is 3.49. The van der Waals surface area contributed by atoms with E-state index in [1.807, 2.05) is 0 Å². The normalized spacial score (nSPS) is 16.6. The minimum Gasteiger partial charge on any atom is -0.482 e. The maximum Gasteiger partial charge on any atom is 0.490 e. The Hall–Kier alpha value is -4.33. The van der Waals surface area contributed by atoms with Gasteiger partial charge in [-0.15, -0.1) is 0 Å². The third-order valence-electron chi connectivity index (χ3n) is 6.47. The van der Waals surface area contributed by atoms with E-state index in [1.165, 1.54) is 4.90 Å². The van der Waals surface area contributed by atoms with Gasteiger partial charge in [0.15, 0.2) is 12.2 Å². The fourth-order valence-electron chi connectivity index (χ4n) is 4.51. The highest BCUT2D eigenvalue weighted by Gasteiger charge is 2.43. The molecule has 2 N–H and O–H groups in total. The van der Waals surface area contributed by atoms with Gasteiger partial charge in [-0.2, -0.15) is 13.2 Å². The van der Waals surface area contributed by atoms with E-state index in [0.29, 0.717) is 28.8 Å². The number of likely N-dealkylation sites (N-methyl/N-ethyl adjacent to an activating group) is 1. The number of aromatic nitrogens is 1. The number of esters is 1. The number of aliphatic carboxylic acids is 1. The van der Waals surface area contributed by atoms with Crippen LogP contribution in [0, 0.1) is 0 Å². The Morgan fingerprint density at radius 2 is 2.00 bits per heavy atom. The molecule has 1 unspecified atom stereocenters. The lowest BCUT2D eigenvalue weighted by molar-refractivity contribution is -0.204. The van der Waals surface area contributed by atoms with E-state index in [-0.39, 0.29) is 37.6 Å². The Kier molecular flexibility index (Phi) is 8.47. The minimum atomic E-state index is -5.09. The molecule has 2 atom stereocenters. The number of amides is 1. The number of carboxylic acids is 1. The lowest BCUT2D eigenvalue weighted by Crippen LogP contribution is -2.40. The van der Waals surface area contributed by atoms with Crippen LogP contribution in [0.5, 0.6) is 5.75 Å². The van der Waals surface area contributed by atoms with Crippen LogP contribution in [0.1, 0.15) is 23.6 Å². The number of aromatic amines is 1. The number of benzene rings is 2. The third-order valence-corrected chi connectivity index (χ3v) is 6.47. The van der Waals surface area contributed by atoms with Gasteiger partial charge in [0.2, 0.25) is 5.91 Å². The van der Waals surface area contributed by atoms with Gasteiger partial charge in [0.05, 0.1) is 18.0 Å². The van der Waals surface area contributed by atoms with Crippen LogP contribution in [-0.2, 0) is 25.5 Å². The van der Waals surface area contributed by atoms with Gasteiger partial charge in [0, 0.05) is 26.7 Å². The first-order chi connectivity index (χ1) is 18.9. The number of alkyl halides is 3. The number of nitrogens with zero attached hydrogens (tertiary/aromatic N) is 2. The fourth-order valence-corrected chi connectivity index (χ4v) is 4.51. The summed E-state index contributed by atoms with van der Waals surface area (Å²) in [5, 5.41) is 8.93. The van der Waals surface area contributed by atoms with Crippen LogP contribution in [0.4, 0.5) is 13.2 Å². The highest BCUT2D eigenvalue weighted by atomic mass is 19.4. The number of carboxylic acid groups (broad SMARTS) is 1. The molecule has 14 heteroatoms. The molecule has 1 aliphatic rings. The van der Waals surface area contributed by atoms with E-state index in [4.69, 9.17) is 14.3 Å². The molecule has 11 nitrogen and oxygen atoms in total. The highest BCUT2D eigenvalue weighted by Crippen LogP contribution is 2.28. The number of hydrogen-bond donors (Lipinski definition) is 2. The van der Waals surface area contributed by atoms with Crippen LogP contribution in [0.15, 0.2) is 51.7 Å². The molecule has 1 fully saturated rings. The van der Waals surface area contributed by atoms with Gasteiger partial charge < -0.3 is 23.9 Å². The van der Waals surface area contributed by atoms with Crippen LogP contribution in [0.3, 0.4) is 0 Å². The van der Waals surface area contributed by atoms with E-state index in [1.54, 1.807) is 54.4 Å². The predicted molar refractivity (Wildman–Crippen MR) is 133 cm³/mol. The highest BCUT2D eigenvalue weighted by molar-refractivity contribution is 5.81. The molecule has 0 radical (unpaired) electrons. The Morgan fingerprint density at radius 1 is 1.23 bits per heavy atom. The zero-order valence-electron chi connectivity index (χ0n) is 21.3. The van der Waals surface area contributed by atoms with Gasteiger partial charge in [0.25, 0.3) is 0 Å². The van der Waals surface area contributed by atoms with Crippen LogP contribution in [0.25, 0.3) is 11.1 Å². The van der Waals surface area contributed by atoms with Crippen molar-refractivity contribution in [1.29, 1.82) is 0 Å². The number of fused-ring (bicyclic) bond motifs is 1. The van der Waals surface area contributed by atoms with Gasteiger partial charge in [0.1, 0.15) is 11.9 Å². The molecular formula is C26H26F3N3O8. The van der Waals surface area contributed by atoms with Crippen LogP contribution in [0.2, 0.25) is 0 Å². The molecule has 0 aliphatic carbocycles. The van der Waals surface area contributed by atoms with Crippen LogP contribution >= 0.6 is 0 Å². The summed E-state index contributed by atoms with van der Waals surface area (Å²) in [5.74, 6) is -4.07. The number of ether oxygens (including phenoxy) is 2. The van der Waals surface area contributed by atoms with Crippen molar-refractivity contribution in [3.63, 3.8) is 0 Å². The quantitative estimate of drug-likeness (QED) is 0.355. The monoisotopic (exact) mass is 565 g/mol. The SMILES string of the molecule is CN(C(=O)Cc1ccc2oc(=O)[nH]c2c1)C(CN1CC[C@H](OC(=O)C(F)(F)F)C1)c1cccc(OCC(=O)O)c1. The largest absolute Gasteiger partial charge is 0.490 e. The summed E-state index contributed by atoms with van der Waals surface area (Å²) in [6, 6.07) is 10.8. The molecule has 1 aliphatic heterocycles. The summed E-state index contributed by atoms with van der Waals surface area (Å²) in [7, 11) is 1.58. The smallest absolute Gasteiger partial charge is 0.482 e. The van der Waals surface area contributed by atoms with Crippen molar-refractivity contribution >= 4 is 28.9 Å². The Labute approximate surface area is 225 Å². The standard InChI is InChI=1S/C26H26F3N3O8/c1-31(22(33)10-15-5-6-21-19(9-15)30-25(37)40-21)20(16-3-2-4-17(11-16)38-14-23(34)35)13-32-8-7-18(12-32)39-24(36)26(27,28)29/h2-6,9,11,18,20H,7-8,10,12-14H2,1H3,(H,30,37)(H,34,35)/t18-,20?/m0/s1. The second kappa shape index (κ2) is 11.8. The summed E-state index contributed by atoms with van der Waals surface area (Å²) in [5.41, 5.74) is 2.00.